The van der Waals surface area contributed by atoms with Crippen LogP contribution in [0.4, 0.5) is 4.79 Å². The van der Waals surface area contributed by atoms with E-state index in [0.29, 0.717) is 6.54 Å². The first-order chi connectivity index (χ1) is 7.70. The van der Waals surface area contributed by atoms with E-state index in [1.54, 1.807) is 27.7 Å². The van der Waals surface area contributed by atoms with E-state index < -0.39 is 29.4 Å². The molecule has 0 aliphatic carbocycles. The maximum absolute atomic E-state index is 11.5. The summed E-state index contributed by atoms with van der Waals surface area (Å²) in [4.78, 5) is 33.7. The van der Waals surface area contributed by atoms with Crippen LogP contribution in [-0.2, 0) is 9.59 Å². The highest BCUT2D eigenvalue weighted by molar-refractivity contribution is 5.97. The third-order valence-corrected chi connectivity index (χ3v) is 2.16. The van der Waals surface area contributed by atoms with Gasteiger partial charge in [-0.3, -0.25) is 20.2 Å². The molecule has 17 heavy (non-hydrogen) atoms. The van der Waals surface area contributed by atoms with Crippen LogP contribution in [0.1, 0.15) is 27.7 Å². The summed E-state index contributed by atoms with van der Waals surface area (Å²) in [5, 5.41) is 7.30. The van der Waals surface area contributed by atoms with Gasteiger partial charge in [0.2, 0.25) is 11.8 Å². The third kappa shape index (κ3) is 5.30. The summed E-state index contributed by atoms with van der Waals surface area (Å²) in [7, 11) is 0. The predicted molar refractivity (Wildman–Crippen MR) is 63.1 cm³/mol. The Labute approximate surface area is 100 Å². The predicted octanol–water partition coefficient (Wildman–Crippen LogP) is -0.926. The summed E-state index contributed by atoms with van der Waals surface area (Å²) in [5.41, 5.74) is 4.14. The van der Waals surface area contributed by atoms with Crippen LogP contribution in [0.3, 0.4) is 0 Å². The molecule has 0 fully saturated rings. The van der Waals surface area contributed by atoms with Gasteiger partial charge in [0.15, 0.2) is 0 Å². The lowest BCUT2D eigenvalue weighted by atomic mass is 10.0. The van der Waals surface area contributed by atoms with Crippen LogP contribution in [0.2, 0.25) is 0 Å². The van der Waals surface area contributed by atoms with Crippen LogP contribution in [0.25, 0.3) is 0 Å². The largest absolute Gasteiger partial charge is 0.368 e. The molecule has 0 bridgehead atoms. The fourth-order valence-corrected chi connectivity index (χ4v) is 1.10. The summed E-state index contributed by atoms with van der Waals surface area (Å²) in [5.74, 6) is -1.10. The van der Waals surface area contributed by atoms with Crippen molar-refractivity contribution in [2.75, 3.05) is 6.54 Å². The van der Waals surface area contributed by atoms with Crippen molar-refractivity contribution >= 4 is 17.8 Å². The summed E-state index contributed by atoms with van der Waals surface area (Å²) in [6.45, 7) is 6.82. The molecule has 0 aromatic rings. The Morgan fingerprint density at radius 2 is 1.82 bits per heavy atom. The second-order valence-electron chi connectivity index (χ2n) is 4.20. The highest BCUT2D eigenvalue weighted by Crippen LogP contribution is 2.02. The van der Waals surface area contributed by atoms with Crippen LogP contribution in [-0.4, -0.2) is 36.0 Å². The summed E-state index contributed by atoms with van der Waals surface area (Å²) >= 11 is 0. The van der Waals surface area contributed by atoms with Crippen LogP contribution in [0.15, 0.2) is 0 Å². The van der Waals surface area contributed by atoms with E-state index in [1.807, 2.05) is 0 Å². The van der Waals surface area contributed by atoms with Gasteiger partial charge in [-0.2, -0.15) is 0 Å². The van der Waals surface area contributed by atoms with Crippen molar-refractivity contribution in [3.8, 4) is 0 Å². The van der Waals surface area contributed by atoms with Crippen molar-refractivity contribution in [1.82, 2.24) is 16.0 Å². The van der Waals surface area contributed by atoms with Gasteiger partial charge < -0.3 is 11.1 Å². The van der Waals surface area contributed by atoms with Gasteiger partial charge >= 0.3 is 6.03 Å². The molecule has 7 nitrogen and oxygen atoms in total. The van der Waals surface area contributed by atoms with Crippen LogP contribution >= 0.6 is 0 Å². The molecule has 0 aliphatic heterocycles. The highest BCUT2D eigenvalue weighted by Gasteiger charge is 2.29. The number of rotatable bonds is 5. The van der Waals surface area contributed by atoms with Gasteiger partial charge in [-0.05, 0) is 27.7 Å². The first-order valence-electron chi connectivity index (χ1n) is 5.37. The standard InChI is InChI=1S/C10H20N4O3/c1-5-12-9(17)13-7(15)6(2)14-10(3,4)8(11)16/h6,14H,5H2,1-4H3,(H2,11,16)(H2,12,13,15,17). The quantitative estimate of drug-likeness (QED) is 0.500. The molecule has 5 N–H and O–H groups in total. The summed E-state index contributed by atoms with van der Waals surface area (Å²) in [6, 6.07) is -1.27. The smallest absolute Gasteiger partial charge is 0.321 e. The topological polar surface area (TPSA) is 113 Å². The average molecular weight is 244 g/mol. The molecule has 4 amide bonds. The molecule has 0 heterocycles. The molecule has 0 aliphatic rings. The number of imide groups is 1. The van der Waals surface area contributed by atoms with Crippen molar-refractivity contribution < 1.29 is 14.4 Å². The van der Waals surface area contributed by atoms with E-state index in [9.17, 15) is 14.4 Å². The molecule has 0 radical (unpaired) electrons. The second-order valence-corrected chi connectivity index (χ2v) is 4.20. The van der Waals surface area contributed by atoms with Gasteiger partial charge in [-0.25, -0.2) is 4.79 Å². The first-order valence-corrected chi connectivity index (χ1v) is 5.37. The number of nitrogens with one attached hydrogen (secondary N) is 3. The average Bonchev–Trinajstić information content (AvgIpc) is 2.16. The number of nitrogens with two attached hydrogens (primary N) is 1. The van der Waals surface area contributed by atoms with E-state index in [1.165, 1.54) is 0 Å². The van der Waals surface area contributed by atoms with E-state index in [-0.39, 0.29) is 0 Å². The SMILES string of the molecule is CCNC(=O)NC(=O)C(C)NC(C)(C)C(N)=O. The highest BCUT2D eigenvalue weighted by atomic mass is 16.2. The van der Waals surface area contributed by atoms with Gasteiger partial charge in [-0.15, -0.1) is 0 Å². The number of carbonyl (C=O) groups excluding carboxylic acids is 3. The van der Waals surface area contributed by atoms with Crippen LogP contribution < -0.4 is 21.7 Å². The molecule has 0 aromatic heterocycles. The third-order valence-electron chi connectivity index (χ3n) is 2.16. The Kier molecular flexibility index (Phi) is 5.60. The van der Waals surface area contributed by atoms with E-state index in [4.69, 9.17) is 5.73 Å². The Balaban J connectivity index is 4.33. The Morgan fingerprint density at radius 3 is 2.24 bits per heavy atom. The van der Waals surface area contributed by atoms with Crippen molar-refractivity contribution in [2.45, 2.75) is 39.3 Å². The molecule has 0 aromatic carbocycles. The fourth-order valence-electron chi connectivity index (χ4n) is 1.10. The molecule has 7 heteroatoms. The van der Waals surface area contributed by atoms with Gasteiger partial charge in [0.25, 0.3) is 0 Å². The Morgan fingerprint density at radius 1 is 1.29 bits per heavy atom. The lowest BCUT2D eigenvalue weighted by Crippen LogP contribution is -2.58. The molecule has 1 atom stereocenters. The van der Waals surface area contributed by atoms with Crippen molar-refractivity contribution in [2.24, 2.45) is 5.73 Å². The van der Waals surface area contributed by atoms with Crippen LogP contribution in [0.5, 0.6) is 0 Å². The van der Waals surface area contributed by atoms with E-state index in [0.717, 1.165) is 0 Å². The van der Waals surface area contributed by atoms with Crippen molar-refractivity contribution in [3.63, 3.8) is 0 Å². The van der Waals surface area contributed by atoms with Crippen molar-refractivity contribution in [1.29, 1.82) is 0 Å². The van der Waals surface area contributed by atoms with Gasteiger partial charge in [-0.1, -0.05) is 0 Å². The molecule has 0 rings (SSSR count). The minimum atomic E-state index is -1.02. The summed E-state index contributed by atoms with van der Waals surface area (Å²) < 4.78 is 0. The zero-order chi connectivity index (χ0) is 13.6. The maximum atomic E-state index is 11.5. The molecular weight excluding hydrogens is 224 g/mol. The first kappa shape index (κ1) is 15.4. The molecule has 1 unspecified atom stereocenters. The minimum Gasteiger partial charge on any atom is -0.368 e. The number of carbonyl (C=O) groups is 3. The number of hydrogen-bond acceptors (Lipinski definition) is 4. The van der Waals surface area contributed by atoms with Crippen molar-refractivity contribution in [3.05, 3.63) is 0 Å². The fraction of sp³-hybridized carbons (Fsp3) is 0.700. The molecule has 0 saturated heterocycles. The second kappa shape index (κ2) is 6.19. The van der Waals surface area contributed by atoms with Gasteiger partial charge in [0, 0.05) is 6.54 Å². The number of hydrogen-bond donors (Lipinski definition) is 4. The molecule has 0 spiro atoms. The number of amides is 4. The normalized spacial score (nSPS) is 12.7. The molecule has 0 saturated carbocycles. The zero-order valence-electron chi connectivity index (χ0n) is 10.6. The lowest BCUT2D eigenvalue weighted by molar-refractivity contribution is -0.125. The minimum absolute atomic E-state index is 0.424. The number of primary amides is 1. The Bertz CT molecular complexity index is 315. The monoisotopic (exact) mass is 244 g/mol. The lowest BCUT2D eigenvalue weighted by Gasteiger charge is -2.26. The van der Waals surface area contributed by atoms with Gasteiger partial charge in [0.05, 0.1) is 11.6 Å². The zero-order valence-corrected chi connectivity index (χ0v) is 10.6. The molecule has 98 valence electrons. The Hall–Kier alpha value is -1.63. The van der Waals surface area contributed by atoms with Gasteiger partial charge in [0.1, 0.15) is 0 Å². The maximum Gasteiger partial charge on any atom is 0.321 e. The summed E-state index contributed by atoms with van der Waals surface area (Å²) in [6.07, 6.45) is 0. The van der Waals surface area contributed by atoms with Crippen LogP contribution in [0, 0.1) is 0 Å². The number of urea groups is 1. The van der Waals surface area contributed by atoms with E-state index >= 15 is 0 Å². The molecular formula is C10H20N4O3. The van der Waals surface area contributed by atoms with E-state index in [2.05, 4.69) is 16.0 Å².